The molecule has 5 heteroatoms. The summed E-state index contributed by atoms with van der Waals surface area (Å²) in [6.45, 7) is 3.00. The number of amides is 1. The molecule has 0 fully saturated rings. The van der Waals surface area contributed by atoms with Crippen LogP contribution in [0.25, 0.3) is 0 Å². The third-order valence-corrected chi connectivity index (χ3v) is 1.23. The Kier molecular flexibility index (Phi) is 4.02. The number of aliphatic hydroxyl groups excluding tert-OH is 1. The summed E-state index contributed by atoms with van der Waals surface area (Å²) in [4.78, 5) is 10.9. The predicted molar refractivity (Wildman–Crippen MR) is 39.2 cm³/mol. The number of hydrogen-bond donors (Lipinski definition) is 4. The summed E-state index contributed by atoms with van der Waals surface area (Å²) < 4.78 is 0. The quantitative estimate of drug-likeness (QED) is 0.374. The second-order valence-corrected chi connectivity index (χ2v) is 2.50. The number of nitrogens with two attached hydrogens (primary N) is 1. The van der Waals surface area contributed by atoms with Crippen molar-refractivity contribution in [2.75, 3.05) is 0 Å². The molecule has 66 valence electrons. The van der Waals surface area contributed by atoms with Gasteiger partial charge in [-0.25, -0.2) is 0 Å². The summed E-state index contributed by atoms with van der Waals surface area (Å²) in [5.74, 6) is -1.31. The van der Waals surface area contributed by atoms with Crippen molar-refractivity contribution in [3.05, 3.63) is 0 Å². The van der Waals surface area contributed by atoms with Crippen LogP contribution < -0.4 is 11.1 Å². The van der Waals surface area contributed by atoms with E-state index in [2.05, 4.69) is 5.32 Å². The van der Waals surface area contributed by atoms with Gasteiger partial charge in [0.2, 0.25) is 5.91 Å². The van der Waals surface area contributed by atoms with Crippen LogP contribution >= 0.6 is 0 Å². The molecule has 0 rings (SSSR count). The molecule has 11 heavy (non-hydrogen) atoms. The smallest absolute Gasteiger partial charge is 0.229 e. The maximum Gasteiger partial charge on any atom is 0.229 e. The monoisotopic (exact) mass is 162 g/mol. The zero-order chi connectivity index (χ0) is 9.02. The number of carbonyl (C=O) groups is 1. The van der Waals surface area contributed by atoms with Crippen LogP contribution in [0.3, 0.4) is 0 Å². The Morgan fingerprint density at radius 1 is 1.45 bits per heavy atom. The highest BCUT2D eigenvalue weighted by molar-refractivity contribution is 5.78. The van der Waals surface area contributed by atoms with Crippen LogP contribution in [0.15, 0.2) is 0 Å². The lowest BCUT2D eigenvalue weighted by Gasteiger charge is -2.15. The molecule has 2 unspecified atom stereocenters. The normalized spacial score (nSPS) is 16.2. The summed E-state index contributed by atoms with van der Waals surface area (Å²) in [6.07, 6.45) is -2.10. The van der Waals surface area contributed by atoms with E-state index in [0.29, 0.717) is 0 Å². The first-order chi connectivity index (χ1) is 4.95. The molecule has 0 spiro atoms. The minimum atomic E-state index is -1.63. The molecule has 0 radical (unpaired) electrons. The molecule has 0 saturated carbocycles. The van der Waals surface area contributed by atoms with Gasteiger partial charge < -0.3 is 21.3 Å². The minimum absolute atomic E-state index is 0.463. The molecule has 5 nitrogen and oxygen atoms in total. The van der Waals surface area contributed by atoms with Crippen molar-refractivity contribution in [2.45, 2.75) is 26.3 Å². The highest BCUT2D eigenvalue weighted by atomic mass is 16.5. The average molecular weight is 162 g/mol. The summed E-state index contributed by atoms with van der Waals surface area (Å²) in [5.41, 5.74) is 5.24. The Bertz CT molecular complexity index is 136. The predicted octanol–water partition coefficient (Wildman–Crippen LogP) is -1.65. The van der Waals surface area contributed by atoms with Crippen molar-refractivity contribution in [3.63, 3.8) is 0 Å². The fourth-order valence-corrected chi connectivity index (χ4v) is 0.491. The van der Waals surface area contributed by atoms with Crippen molar-refractivity contribution in [1.82, 2.24) is 5.32 Å². The van der Waals surface area contributed by atoms with Crippen molar-refractivity contribution in [3.8, 4) is 0 Å². The average Bonchev–Trinajstić information content (AvgIpc) is 1.84. The lowest BCUT2D eigenvalue weighted by molar-refractivity contribution is -0.140. The van der Waals surface area contributed by atoms with Crippen molar-refractivity contribution >= 4 is 5.91 Å². The molecule has 0 aromatic carbocycles. The van der Waals surface area contributed by atoms with E-state index in [9.17, 15) is 4.79 Å². The van der Waals surface area contributed by atoms with Crippen molar-refractivity contribution < 1.29 is 15.0 Å². The highest BCUT2D eigenvalue weighted by Gasteiger charge is 2.19. The van der Waals surface area contributed by atoms with Gasteiger partial charge in [0.25, 0.3) is 0 Å². The van der Waals surface area contributed by atoms with Gasteiger partial charge in [-0.3, -0.25) is 4.79 Å². The van der Waals surface area contributed by atoms with Gasteiger partial charge in [-0.15, -0.1) is 0 Å². The number of rotatable bonds is 3. The van der Waals surface area contributed by atoms with Crippen LogP contribution in [0.2, 0.25) is 0 Å². The Hall–Kier alpha value is -0.650. The maximum atomic E-state index is 10.9. The largest absolute Gasteiger partial charge is 0.367 e. The van der Waals surface area contributed by atoms with E-state index < -0.39 is 24.3 Å². The van der Waals surface area contributed by atoms with Crippen LogP contribution in [-0.2, 0) is 4.79 Å². The number of carbonyl (C=O) groups excluding carboxylic acids is 1. The van der Waals surface area contributed by atoms with Crippen LogP contribution in [0.1, 0.15) is 13.8 Å². The van der Waals surface area contributed by atoms with Crippen molar-refractivity contribution in [1.29, 1.82) is 0 Å². The third-order valence-electron chi connectivity index (χ3n) is 1.23. The third kappa shape index (κ3) is 3.92. The Labute approximate surface area is 65.2 Å². The van der Waals surface area contributed by atoms with Gasteiger partial charge in [-0.05, 0) is 13.8 Å². The van der Waals surface area contributed by atoms with E-state index in [1.165, 1.54) is 6.92 Å². The van der Waals surface area contributed by atoms with E-state index in [0.717, 1.165) is 0 Å². The molecule has 2 atom stereocenters. The summed E-state index contributed by atoms with van der Waals surface area (Å²) in [6, 6.07) is 0. The molecule has 5 N–H and O–H groups in total. The topological polar surface area (TPSA) is 95.6 Å². The Morgan fingerprint density at radius 2 is 1.91 bits per heavy atom. The van der Waals surface area contributed by atoms with Gasteiger partial charge in [0.1, 0.15) is 0 Å². The lowest BCUT2D eigenvalue weighted by atomic mass is 10.1. The Balaban J connectivity index is 3.83. The molecule has 0 bridgehead atoms. The molecular weight excluding hydrogens is 148 g/mol. The molecule has 0 heterocycles. The minimum Gasteiger partial charge on any atom is -0.367 e. The number of hydrogen-bond acceptors (Lipinski definition) is 4. The Morgan fingerprint density at radius 3 is 2.18 bits per heavy atom. The molecule has 0 aliphatic heterocycles. The molecule has 0 aromatic heterocycles. The first-order valence-corrected chi connectivity index (χ1v) is 3.37. The first-order valence-electron chi connectivity index (χ1n) is 3.37. The lowest BCUT2D eigenvalue weighted by Crippen LogP contribution is -2.44. The number of aliphatic hydroxyl groups is 2. The number of nitrogens with one attached hydrogen (secondary N) is 1. The highest BCUT2D eigenvalue weighted by Crippen LogP contribution is 1.98. The van der Waals surface area contributed by atoms with Gasteiger partial charge in [-0.2, -0.15) is 0 Å². The fraction of sp³-hybridized carbons (Fsp3) is 0.833. The van der Waals surface area contributed by atoms with Gasteiger partial charge >= 0.3 is 0 Å². The van der Waals surface area contributed by atoms with E-state index in [1.807, 2.05) is 0 Å². The second kappa shape index (κ2) is 4.27. The van der Waals surface area contributed by atoms with Gasteiger partial charge in [0.05, 0.1) is 12.1 Å². The van der Waals surface area contributed by atoms with E-state index in [1.54, 1.807) is 6.92 Å². The van der Waals surface area contributed by atoms with Crippen LogP contribution in [0, 0.1) is 5.92 Å². The second-order valence-electron chi connectivity index (χ2n) is 2.50. The SMILES string of the molecule is CC(N)NC(=O)C(C)C(O)O. The molecule has 0 saturated heterocycles. The zero-order valence-electron chi connectivity index (χ0n) is 6.61. The van der Waals surface area contributed by atoms with Crippen molar-refractivity contribution in [2.24, 2.45) is 11.7 Å². The van der Waals surface area contributed by atoms with E-state index in [4.69, 9.17) is 15.9 Å². The summed E-state index contributed by atoms with van der Waals surface area (Å²) >= 11 is 0. The first kappa shape index (κ1) is 10.3. The van der Waals surface area contributed by atoms with Crippen LogP contribution in [0.5, 0.6) is 0 Å². The molecular formula is C6H14N2O3. The van der Waals surface area contributed by atoms with Crippen LogP contribution in [0.4, 0.5) is 0 Å². The van der Waals surface area contributed by atoms with E-state index in [-0.39, 0.29) is 0 Å². The molecule has 1 amide bonds. The van der Waals surface area contributed by atoms with Gasteiger partial charge in [0, 0.05) is 0 Å². The summed E-state index contributed by atoms with van der Waals surface area (Å²) in [7, 11) is 0. The van der Waals surface area contributed by atoms with Crippen LogP contribution in [-0.4, -0.2) is 28.6 Å². The molecule has 0 aliphatic carbocycles. The van der Waals surface area contributed by atoms with Gasteiger partial charge in [0.15, 0.2) is 6.29 Å². The zero-order valence-corrected chi connectivity index (χ0v) is 6.61. The summed E-state index contributed by atoms with van der Waals surface area (Å²) in [5, 5.41) is 19.5. The fourth-order valence-electron chi connectivity index (χ4n) is 0.491. The van der Waals surface area contributed by atoms with E-state index >= 15 is 0 Å². The maximum absolute atomic E-state index is 10.9. The molecule has 0 aromatic rings. The van der Waals surface area contributed by atoms with Gasteiger partial charge in [-0.1, -0.05) is 0 Å². The standard InChI is InChI=1S/C6H14N2O3/c1-3(6(10)11)5(9)8-4(2)7/h3-4,6,10-11H,7H2,1-2H3,(H,8,9). The molecule has 0 aliphatic rings.